The first-order valence-electron chi connectivity index (χ1n) is 7.80. The molecule has 1 aliphatic rings. The highest BCUT2D eigenvalue weighted by Gasteiger charge is 2.20. The largest absolute Gasteiger partial charge is 0.493 e. The van der Waals surface area contributed by atoms with Crippen LogP contribution in [0.5, 0.6) is 11.5 Å². The molecule has 0 amide bonds. The van der Waals surface area contributed by atoms with E-state index < -0.39 is 0 Å². The number of hydrogen-bond donors (Lipinski definition) is 1. The van der Waals surface area contributed by atoms with E-state index in [4.69, 9.17) is 21.1 Å². The van der Waals surface area contributed by atoms with Gasteiger partial charge in [-0.05, 0) is 37.3 Å². The summed E-state index contributed by atoms with van der Waals surface area (Å²) >= 11 is 6.42. The van der Waals surface area contributed by atoms with Crippen LogP contribution in [0.4, 0.5) is 0 Å². The quantitative estimate of drug-likeness (QED) is 0.844. The lowest BCUT2D eigenvalue weighted by Crippen LogP contribution is -2.34. The van der Waals surface area contributed by atoms with Gasteiger partial charge in [-0.15, -0.1) is 0 Å². The molecule has 0 aromatic heterocycles. The van der Waals surface area contributed by atoms with Gasteiger partial charge in [0.25, 0.3) is 0 Å². The maximum Gasteiger partial charge on any atom is 0.179 e. The summed E-state index contributed by atoms with van der Waals surface area (Å²) in [4.78, 5) is 0. The van der Waals surface area contributed by atoms with Crippen molar-refractivity contribution in [2.24, 2.45) is 5.92 Å². The molecular formula is C17H26ClNO2. The van der Waals surface area contributed by atoms with Crippen LogP contribution in [0, 0.1) is 5.92 Å². The first-order chi connectivity index (χ1) is 10.2. The molecule has 2 rings (SSSR count). The maximum absolute atomic E-state index is 6.42. The summed E-state index contributed by atoms with van der Waals surface area (Å²) in [6.07, 6.45) is 6.81. The van der Waals surface area contributed by atoms with E-state index in [-0.39, 0.29) is 0 Å². The number of halogens is 1. The molecule has 1 N–H and O–H groups in total. The van der Waals surface area contributed by atoms with Gasteiger partial charge in [-0.3, -0.25) is 0 Å². The third kappa shape index (κ3) is 4.04. The van der Waals surface area contributed by atoms with E-state index in [0.29, 0.717) is 22.6 Å². The molecule has 1 aromatic rings. The lowest BCUT2D eigenvalue weighted by molar-refractivity contribution is 0.280. The van der Waals surface area contributed by atoms with Crippen molar-refractivity contribution < 1.29 is 9.47 Å². The molecule has 1 atom stereocenters. The Morgan fingerprint density at radius 2 is 1.90 bits per heavy atom. The van der Waals surface area contributed by atoms with Gasteiger partial charge in [0.2, 0.25) is 0 Å². The molecule has 0 unspecified atom stereocenters. The average Bonchev–Trinajstić information content (AvgIpc) is 2.53. The lowest BCUT2D eigenvalue weighted by Gasteiger charge is -2.28. The van der Waals surface area contributed by atoms with Crippen LogP contribution in [0.3, 0.4) is 0 Å². The summed E-state index contributed by atoms with van der Waals surface area (Å²) in [5.41, 5.74) is 1.05. The molecule has 4 heteroatoms. The Balaban J connectivity index is 1.99. The minimum absolute atomic E-state index is 0.523. The van der Waals surface area contributed by atoms with Crippen molar-refractivity contribution in [3.63, 3.8) is 0 Å². The molecule has 0 spiro atoms. The number of hydrogen-bond acceptors (Lipinski definition) is 3. The highest BCUT2D eigenvalue weighted by atomic mass is 35.5. The normalized spacial score (nSPS) is 17.5. The molecule has 1 aromatic carbocycles. The van der Waals surface area contributed by atoms with Gasteiger partial charge >= 0.3 is 0 Å². The summed E-state index contributed by atoms with van der Waals surface area (Å²) in [5, 5.41) is 4.26. The minimum atomic E-state index is 0.523. The van der Waals surface area contributed by atoms with Gasteiger partial charge in [-0.2, -0.15) is 0 Å². The smallest absolute Gasteiger partial charge is 0.179 e. The number of benzene rings is 1. The SMILES string of the molecule is COc1ccc(CN[C@@H](C)C2CCCCC2)c(Cl)c1OC. The topological polar surface area (TPSA) is 30.5 Å². The van der Waals surface area contributed by atoms with Crippen molar-refractivity contribution in [3.05, 3.63) is 22.7 Å². The zero-order valence-corrected chi connectivity index (χ0v) is 14.0. The van der Waals surface area contributed by atoms with E-state index in [1.54, 1.807) is 14.2 Å². The molecule has 1 fully saturated rings. The molecule has 0 aliphatic heterocycles. The molecular weight excluding hydrogens is 286 g/mol. The molecule has 3 nitrogen and oxygen atoms in total. The Morgan fingerprint density at radius 1 is 1.19 bits per heavy atom. The standard InChI is InChI=1S/C17H26ClNO2/c1-12(13-7-5-4-6-8-13)19-11-14-9-10-15(20-2)17(21-3)16(14)18/h9-10,12-13,19H,4-8,11H2,1-3H3/t12-/m0/s1. The van der Waals surface area contributed by atoms with Crippen LogP contribution in [0.1, 0.15) is 44.6 Å². The molecule has 1 aliphatic carbocycles. The first-order valence-corrected chi connectivity index (χ1v) is 8.18. The second-order valence-electron chi connectivity index (χ2n) is 5.84. The van der Waals surface area contributed by atoms with E-state index in [2.05, 4.69) is 12.2 Å². The molecule has 118 valence electrons. The van der Waals surface area contributed by atoms with Crippen molar-refractivity contribution in [1.29, 1.82) is 0 Å². The Hall–Kier alpha value is -0.930. The van der Waals surface area contributed by atoms with Gasteiger partial charge in [0.1, 0.15) is 0 Å². The van der Waals surface area contributed by atoms with Crippen molar-refractivity contribution in [2.45, 2.75) is 51.6 Å². The highest BCUT2D eigenvalue weighted by molar-refractivity contribution is 6.33. The first kappa shape index (κ1) is 16.4. The fraction of sp³-hybridized carbons (Fsp3) is 0.647. The van der Waals surface area contributed by atoms with Gasteiger partial charge in [-0.25, -0.2) is 0 Å². The third-order valence-electron chi connectivity index (χ3n) is 4.54. The summed E-state index contributed by atoms with van der Waals surface area (Å²) < 4.78 is 10.6. The van der Waals surface area contributed by atoms with Crippen molar-refractivity contribution in [3.8, 4) is 11.5 Å². The Morgan fingerprint density at radius 3 is 2.52 bits per heavy atom. The Labute approximate surface area is 133 Å². The van der Waals surface area contributed by atoms with Crippen LogP contribution in [-0.2, 0) is 6.54 Å². The number of methoxy groups -OCH3 is 2. The van der Waals surface area contributed by atoms with E-state index >= 15 is 0 Å². The molecule has 0 saturated heterocycles. The van der Waals surface area contributed by atoms with Crippen LogP contribution in [0.25, 0.3) is 0 Å². The van der Waals surface area contributed by atoms with E-state index in [1.165, 1.54) is 32.1 Å². The highest BCUT2D eigenvalue weighted by Crippen LogP contribution is 2.37. The van der Waals surface area contributed by atoms with Crippen molar-refractivity contribution in [2.75, 3.05) is 14.2 Å². The molecule has 0 radical (unpaired) electrons. The second-order valence-corrected chi connectivity index (χ2v) is 6.22. The van der Waals surface area contributed by atoms with Crippen LogP contribution < -0.4 is 14.8 Å². The van der Waals surface area contributed by atoms with Crippen molar-refractivity contribution in [1.82, 2.24) is 5.32 Å². The fourth-order valence-corrected chi connectivity index (χ4v) is 3.44. The van der Waals surface area contributed by atoms with Gasteiger partial charge in [0.05, 0.1) is 19.2 Å². The Bertz CT molecular complexity index is 458. The summed E-state index contributed by atoms with van der Waals surface area (Å²) in [7, 11) is 3.24. The van der Waals surface area contributed by atoms with Gasteiger partial charge in [-0.1, -0.05) is 36.9 Å². The van der Waals surface area contributed by atoms with E-state index in [1.807, 2.05) is 12.1 Å². The van der Waals surface area contributed by atoms with Gasteiger partial charge in [0.15, 0.2) is 11.5 Å². The maximum atomic E-state index is 6.42. The van der Waals surface area contributed by atoms with E-state index in [9.17, 15) is 0 Å². The number of rotatable bonds is 6. The Kier molecular flexibility index (Phi) is 6.19. The molecule has 21 heavy (non-hydrogen) atoms. The van der Waals surface area contributed by atoms with Crippen LogP contribution in [-0.4, -0.2) is 20.3 Å². The molecule has 1 saturated carbocycles. The fourth-order valence-electron chi connectivity index (χ4n) is 3.14. The third-order valence-corrected chi connectivity index (χ3v) is 4.95. The predicted molar refractivity (Wildman–Crippen MR) is 87.4 cm³/mol. The number of ether oxygens (including phenoxy) is 2. The minimum Gasteiger partial charge on any atom is -0.493 e. The zero-order valence-electron chi connectivity index (χ0n) is 13.2. The monoisotopic (exact) mass is 311 g/mol. The number of nitrogens with one attached hydrogen (secondary N) is 1. The van der Waals surface area contributed by atoms with Gasteiger partial charge in [0, 0.05) is 12.6 Å². The zero-order chi connectivity index (χ0) is 15.2. The van der Waals surface area contributed by atoms with Gasteiger partial charge < -0.3 is 14.8 Å². The molecule has 0 heterocycles. The summed E-state index contributed by atoms with van der Waals surface area (Å²) in [6, 6.07) is 4.44. The van der Waals surface area contributed by atoms with E-state index in [0.717, 1.165) is 18.0 Å². The van der Waals surface area contributed by atoms with Crippen LogP contribution in [0.15, 0.2) is 12.1 Å². The van der Waals surface area contributed by atoms with Crippen molar-refractivity contribution >= 4 is 11.6 Å². The molecule has 0 bridgehead atoms. The van der Waals surface area contributed by atoms with Crippen LogP contribution in [0.2, 0.25) is 5.02 Å². The average molecular weight is 312 g/mol. The predicted octanol–water partition coefficient (Wildman–Crippen LogP) is 4.42. The summed E-state index contributed by atoms with van der Waals surface area (Å²) in [6.45, 7) is 3.04. The van der Waals surface area contributed by atoms with Crippen LogP contribution >= 0.6 is 11.6 Å². The second kappa shape index (κ2) is 7.90. The summed E-state index contributed by atoms with van der Waals surface area (Å²) in [5.74, 6) is 2.08. The lowest BCUT2D eigenvalue weighted by atomic mass is 9.84.